The lowest BCUT2D eigenvalue weighted by Gasteiger charge is -2.40. The van der Waals surface area contributed by atoms with Crippen LogP contribution in [0.3, 0.4) is 0 Å². The van der Waals surface area contributed by atoms with Crippen molar-refractivity contribution in [2.45, 2.75) is 314 Å². The van der Waals surface area contributed by atoms with E-state index in [1.807, 2.05) is 12.2 Å². The van der Waals surface area contributed by atoms with Crippen LogP contribution in [0.5, 0.6) is 0 Å². The highest BCUT2D eigenvalue weighted by atomic mass is 16.7. The number of allylic oxidation sites excluding steroid dienone is 11. The summed E-state index contributed by atoms with van der Waals surface area (Å²) in [6.07, 6.45) is 57.5. The van der Waals surface area contributed by atoms with Crippen molar-refractivity contribution in [3.63, 3.8) is 0 Å². The van der Waals surface area contributed by atoms with Gasteiger partial charge in [0.2, 0.25) is 0 Å². The van der Waals surface area contributed by atoms with Gasteiger partial charge in [0.1, 0.15) is 18.8 Å². The van der Waals surface area contributed by atoms with E-state index in [9.17, 15) is 34.5 Å². The van der Waals surface area contributed by atoms with E-state index < -0.39 is 67.3 Å². The Hall–Kier alpha value is -3.84. The number of carbonyl (C=O) groups is 4. The van der Waals surface area contributed by atoms with Gasteiger partial charge in [0.15, 0.2) is 24.6 Å². The third-order valence-corrected chi connectivity index (χ3v) is 14.3. The molecule has 1 heterocycles. The van der Waals surface area contributed by atoms with Crippen LogP contribution in [0.4, 0.5) is 0 Å². The molecule has 3 N–H and O–H groups in total. The number of aliphatic hydroxyl groups excluding tert-OH is 2. The van der Waals surface area contributed by atoms with Crippen LogP contribution in [0.1, 0.15) is 278 Å². The van der Waals surface area contributed by atoms with Crippen molar-refractivity contribution in [3.8, 4) is 0 Å². The highest BCUT2D eigenvalue weighted by molar-refractivity contribution is 5.74. The number of carboxylic acid groups (broad SMARTS) is 1. The Morgan fingerprint density at radius 3 is 1.27 bits per heavy atom. The third kappa shape index (κ3) is 44.5. The highest BCUT2D eigenvalue weighted by Gasteiger charge is 2.50. The zero-order valence-electron chi connectivity index (χ0n) is 50.1. The molecule has 6 atom stereocenters. The van der Waals surface area contributed by atoms with E-state index in [4.69, 9.17) is 23.7 Å². The van der Waals surface area contributed by atoms with Crippen molar-refractivity contribution in [2.24, 2.45) is 0 Å². The van der Waals surface area contributed by atoms with Crippen molar-refractivity contribution in [3.05, 3.63) is 72.9 Å². The maximum Gasteiger partial charge on any atom is 0.335 e. The number of ether oxygens (including phenoxy) is 5. The summed E-state index contributed by atoms with van der Waals surface area (Å²) in [5.41, 5.74) is 0. The smallest absolute Gasteiger partial charge is 0.335 e. The molecule has 12 nitrogen and oxygen atoms in total. The summed E-state index contributed by atoms with van der Waals surface area (Å²) < 4.78 is 28.4. The molecule has 0 aromatic carbocycles. The van der Waals surface area contributed by atoms with Crippen LogP contribution in [0.2, 0.25) is 0 Å². The average molecular weight is 1110 g/mol. The minimum absolute atomic E-state index is 0.154. The number of aliphatic hydroxyl groups is 2. The van der Waals surface area contributed by atoms with Gasteiger partial charge < -0.3 is 39.0 Å². The molecule has 0 spiro atoms. The lowest BCUT2D eigenvalue weighted by molar-refractivity contribution is -0.301. The summed E-state index contributed by atoms with van der Waals surface area (Å²) in [7, 11) is 0. The number of hydrogen-bond donors (Lipinski definition) is 3. The van der Waals surface area contributed by atoms with E-state index in [0.29, 0.717) is 19.3 Å². The van der Waals surface area contributed by atoms with Gasteiger partial charge in [-0.3, -0.25) is 14.4 Å². The van der Waals surface area contributed by atoms with E-state index in [1.165, 1.54) is 148 Å². The SMILES string of the molecule is CC/C=C\C/C=C\C/C=C\C/C=C\C/C=C\CC(=O)OC1C(OCC(COC(=O)CCCCCCCCC/C=C\CCCCCCCC)OC(=O)CCCCCCCCCCCCCCCCCCC)OC(C(=O)O)C(O)C1O. The summed E-state index contributed by atoms with van der Waals surface area (Å²) >= 11 is 0. The molecule has 0 bridgehead atoms. The maximum absolute atomic E-state index is 13.2. The van der Waals surface area contributed by atoms with Crippen LogP contribution in [-0.4, -0.2) is 89.2 Å². The third-order valence-electron chi connectivity index (χ3n) is 14.3. The van der Waals surface area contributed by atoms with Crippen molar-refractivity contribution >= 4 is 23.9 Å². The minimum atomic E-state index is -1.94. The molecular formula is C67H114O12. The molecule has 1 rings (SSSR count). The van der Waals surface area contributed by atoms with Crippen molar-refractivity contribution in [1.29, 1.82) is 0 Å². The zero-order chi connectivity index (χ0) is 57.5. The molecule has 6 unspecified atom stereocenters. The predicted octanol–water partition coefficient (Wildman–Crippen LogP) is 16.9. The first-order valence-electron chi connectivity index (χ1n) is 31.9. The lowest BCUT2D eigenvalue weighted by Crippen LogP contribution is -2.61. The van der Waals surface area contributed by atoms with E-state index in [2.05, 4.69) is 69.4 Å². The topological polar surface area (TPSA) is 175 Å². The molecule has 0 aromatic heterocycles. The van der Waals surface area contributed by atoms with Crippen molar-refractivity contribution < 1.29 is 58.2 Å². The van der Waals surface area contributed by atoms with Gasteiger partial charge in [0, 0.05) is 12.8 Å². The first kappa shape index (κ1) is 73.2. The van der Waals surface area contributed by atoms with Crippen LogP contribution in [0.25, 0.3) is 0 Å². The molecule has 79 heavy (non-hydrogen) atoms. The Morgan fingerprint density at radius 2 is 0.835 bits per heavy atom. The molecule has 1 aliphatic rings. The van der Waals surface area contributed by atoms with Crippen LogP contribution in [0, 0.1) is 0 Å². The number of carboxylic acids is 1. The Labute approximate surface area is 480 Å². The van der Waals surface area contributed by atoms with Gasteiger partial charge >= 0.3 is 23.9 Å². The fourth-order valence-electron chi connectivity index (χ4n) is 9.44. The minimum Gasteiger partial charge on any atom is -0.479 e. The molecule has 0 saturated carbocycles. The Balaban J connectivity index is 2.71. The molecule has 12 heteroatoms. The first-order chi connectivity index (χ1) is 38.6. The molecule has 1 saturated heterocycles. The summed E-state index contributed by atoms with van der Waals surface area (Å²) in [6, 6.07) is 0. The predicted molar refractivity (Wildman–Crippen MR) is 322 cm³/mol. The molecule has 0 aromatic rings. The number of aliphatic carboxylic acids is 1. The van der Waals surface area contributed by atoms with E-state index in [0.717, 1.165) is 70.6 Å². The number of unbranched alkanes of at least 4 members (excludes halogenated alkanes) is 29. The van der Waals surface area contributed by atoms with Gasteiger partial charge in [-0.1, -0.05) is 261 Å². The van der Waals surface area contributed by atoms with E-state index >= 15 is 0 Å². The molecule has 1 fully saturated rings. The van der Waals surface area contributed by atoms with Crippen molar-refractivity contribution in [2.75, 3.05) is 13.2 Å². The maximum atomic E-state index is 13.2. The van der Waals surface area contributed by atoms with Crippen LogP contribution in [-0.2, 0) is 42.9 Å². The monoisotopic (exact) mass is 1110 g/mol. The Kier molecular flexibility index (Phi) is 50.7. The summed E-state index contributed by atoms with van der Waals surface area (Å²) in [5.74, 6) is -3.27. The van der Waals surface area contributed by atoms with Crippen LogP contribution in [0.15, 0.2) is 72.9 Å². The quantitative estimate of drug-likeness (QED) is 0.0228. The zero-order valence-corrected chi connectivity index (χ0v) is 50.1. The van der Waals surface area contributed by atoms with Gasteiger partial charge in [-0.25, -0.2) is 4.79 Å². The number of rotatable bonds is 54. The molecule has 0 aliphatic carbocycles. The Bertz CT molecular complexity index is 1650. The molecule has 0 amide bonds. The van der Waals surface area contributed by atoms with Gasteiger partial charge in [0.05, 0.1) is 13.0 Å². The van der Waals surface area contributed by atoms with Gasteiger partial charge in [0.25, 0.3) is 0 Å². The first-order valence-corrected chi connectivity index (χ1v) is 31.9. The van der Waals surface area contributed by atoms with E-state index in [-0.39, 0.29) is 25.9 Å². The van der Waals surface area contributed by atoms with Crippen molar-refractivity contribution in [1.82, 2.24) is 0 Å². The average Bonchev–Trinajstić information content (AvgIpc) is 3.43. The molecular weight excluding hydrogens is 997 g/mol. The fraction of sp³-hybridized carbons (Fsp3) is 0.761. The summed E-state index contributed by atoms with van der Waals surface area (Å²) in [4.78, 5) is 51.2. The summed E-state index contributed by atoms with van der Waals surface area (Å²) in [6.45, 7) is 5.86. The number of hydrogen-bond acceptors (Lipinski definition) is 11. The molecule has 0 radical (unpaired) electrons. The molecule has 454 valence electrons. The lowest BCUT2D eigenvalue weighted by atomic mass is 9.98. The summed E-state index contributed by atoms with van der Waals surface area (Å²) in [5, 5.41) is 31.5. The van der Waals surface area contributed by atoms with Gasteiger partial charge in [-0.05, 0) is 70.6 Å². The van der Waals surface area contributed by atoms with Gasteiger partial charge in [-0.2, -0.15) is 0 Å². The molecule has 1 aliphatic heterocycles. The second kappa shape index (κ2) is 54.7. The Morgan fingerprint density at radius 1 is 0.443 bits per heavy atom. The largest absolute Gasteiger partial charge is 0.479 e. The highest BCUT2D eigenvalue weighted by Crippen LogP contribution is 2.26. The number of carbonyl (C=O) groups excluding carboxylic acids is 3. The van der Waals surface area contributed by atoms with Gasteiger partial charge in [-0.15, -0.1) is 0 Å². The van der Waals surface area contributed by atoms with Crippen LogP contribution >= 0.6 is 0 Å². The standard InChI is InChI=1S/C67H114O12/c1-4-7-10-13-16-19-22-25-28-30-33-35-38-41-44-47-50-53-59(68)75-56-58(77-60(69)54-51-48-45-42-39-37-34-31-29-26-23-20-17-14-11-8-5-2)57-76-67-65(63(72)62(71)64(79-67)66(73)74)78-61(70)55-52-49-46-43-40-36-32-27-24-21-18-15-12-9-6-3/h9,12,18,21,25,27-28,32,40,43,49,52,58,62-65,67,71-72H,4-8,10-11,13-17,19-20,22-24,26,29-31,33-39,41-42,44-48,50-51,53-57H2,1-3H3,(H,73,74)/b12-9-,21-18-,28-25-,32-27-,43-40-,52-49-. The second-order valence-electron chi connectivity index (χ2n) is 21.7. The fourth-order valence-corrected chi connectivity index (χ4v) is 9.44. The normalized spacial score (nSPS) is 18.3. The second-order valence-corrected chi connectivity index (χ2v) is 21.7. The van der Waals surface area contributed by atoms with Crippen LogP contribution < -0.4 is 0 Å². The van der Waals surface area contributed by atoms with E-state index in [1.54, 1.807) is 12.2 Å². The number of esters is 3.